The van der Waals surface area contributed by atoms with Gasteiger partial charge in [-0.05, 0) is 39.2 Å². The number of carbonyl (C=O) groups is 1. The summed E-state index contributed by atoms with van der Waals surface area (Å²) in [6.07, 6.45) is 1.70. The average molecular weight is 308 g/mol. The van der Waals surface area contributed by atoms with Gasteiger partial charge in [0.1, 0.15) is 17.0 Å². The van der Waals surface area contributed by atoms with E-state index in [1.54, 1.807) is 0 Å². The van der Waals surface area contributed by atoms with Gasteiger partial charge in [0, 0.05) is 13.1 Å². The summed E-state index contributed by atoms with van der Waals surface area (Å²) >= 11 is 0. The minimum Gasteiger partial charge on any atom is -0.351 e. The molecule has 1 saturated heterocycles. The van der Waals surface area contributed by atoms with Gasteiger partial charge in [0.15, 0.2) is 0 Å². The van der Waals surface area contributed by atoms with Crippen molar-refractivity contribution in [1.29, 1.82) is 0 Å². The first-order valence-corrected chi connectivity index (χ1v) is 8.50. The summed E-state index contributed by atoms with van der Waals surface area (Å²) < 4.78 is 14.0. The second kappa shape index (κ2) is 6.71. The van der Waals surface area contributed by atoms with E-state index in [4.69, 9.17) is 0 Å². The van der Waals surface area contributed by atoms with Crippen molar-refractivity contribution in [2.45, 2.75) is 50.9 Å². The van der Waals surface area contributed by atoms with E-state index in [0.717, 1.165) is 24.9 Å². The van der Waals surface area contributed by atoms with Gasteiger partial charge in [-0.1, -0.05) is 30.3 Å². The first-order valence-electron chi connectivity index (χ1n) is 7.40. The van der Waals surface area contributed by atoms with Crippen LogP contribution in [0.5, 0.6) is 0 Å². The smallest absolute Gasteiger partial charge is 0.238 e. The fourth-order valence-corrected chi connectivity index (χ4v) is 3.89. The molecule has 21 heavy (non-hydrogen) atoms. The van der Waals surface area contributed by atoms with E-state index in [9.17, 15) is 9.00 Å². The predicted octanol–water partition coefficient (Wildman–Crippen LogP) is 2.23. The van der Waals surface area contributed by atoms with Gasteiger partial charge in [-0.15, -0.1) is 0 Å². The molecule has 5 heteroatoms. The van der Waals surface area contributed by atoms with E-state index < -0.39 is 11.0 Å². The zero-order valence-electron chi connectivity index (χ0n) is 13.0. The third-order valence-corrected chi connectivity index (χ3v) is 5.46. The molecule has 116 valence electrons. The largest absolute Gasteiger partial charge is 0.351 e. The minimum absolute atomic E-state index is 0.0195. The van der Waals surface area contributed by atoms with Crippen LogP contribution in [0.1, 0.15) is 39.2 Å². The lowest BCUT2D eigenvalue weighted by atomic mass is 10.2. The van der Waals surface area contributed by atoms with E-state index in [0.29, 0.717) is 6.54 Å². The number of nitrogens with zero attached hydrogens (tertiary/aromatic N) is 1. The molecule has 1 aliphatic rings. The van der Waals surface area contributed by atoms with Crippen LogP contribution >= 0.6 is 0 Å². The SMILES string of the molecule is CC(C)(C)S(=O)N1CCC[C@H]1C(=O)NCc1ccccc1. The van der Waals surface area contributed by atoms with Crippen LogP contribution in [0.25, 0.3) is 0 Å². The van der Waals surface area contributed by atoms with Crippen LogP contribution in [-0.4, -0.2) is 31.8 Å². The Kier molecular flexibility index (Phi) is 5.17. The Balaban J connectivity index is 1.96. The van der Waals surface area contributed by atoms with Crippen molar-refractivity contribution in [2.24, 2.45) is 0 Å². The third-order valence-electron chi connectivity index (χ3n) is 3.55. The number of nitrogens with one attached hydrogen (secondary N) is 1. The zero-order valence-corrected chi connectivity index (χ0v) is 13.8. The summed E-state index contributed by atoms with van der Waals surface area (Å²) in [5, 5.41) is 2.96. The van der Waals surface area contributed by atoms with Gasteiger partial charge < -0.3 is 5.32 Å². The van der Waals surface area contributed by atoms with Crippen LogP contribution in [0.3, 0.4) is 0 Å². The molecule has 1 N–H and O–H groups in total. The monoisotopic (exact) mass is 308 g/mol. The molecule has 0 saturated carbocycles. The molecule has 2 rings (SSSR count). The van der Waals surface area contributed by atoms with Crippen LogP contribution in [-0.2, 0) is 22.3 Å². The molecule has 1 aliphatic heterocycles. The molecule has 4 nitrogen and oxygen atoms in total. The highest BCUT2D eigenvalue weighted by molar-refractivity contribution is 7.84. The lowest BCUT2D eigenvalue weighted by Crippen LogP contribution is -2.47. The number of carbonyl (C=O) groups excluding carboxylic acids is 1. The highest BCUT2D eigenvalue weighted by Crippen LogP contribution is 2.25. The molecule has 1 unspecified atom stereocenters. The Morgan fingerprint density at radius 1 is 1.33 bits per heavy atom. The van der Waals surface area contributed by atoms with Crippen molar-refractivity contribution in [3.63, 3.8) is 0 Å². The molecule has 0 aliphatic carbocycles. The summed E-state index contributed by atoms with van der Waals surface area (Å²) in [5.74, 6) is -0.0195. The number of hydrogen-bond acceptors (Lipinski definition) is 2. The van der Waals surface area contributed by atoms with Gasteiger partial charge in [-0.2, -0.15) is 0 Å². The van der Waals surface area contributed by atoms with E-state index in [1.165, 1.54) is 0 Å². The summed E-state index contributed by atoms with van der Waals surface area (Å²) in [5.41, 5.74) is 1.08. The second-order valence-corrected chi connectivity index (χ2v) is 8.56. The van der Waals surface area contributed by atoms with Crippen molar-refractivity contribution in [3.8, 4) is 0 Å². The van der Waals surface area contributed by atoms with Gasteiger partial charge in [-0.3, -0.25) is 4.79 Å². The lowest BCUT2D eigenvalue weighted by molar-refractivity contribution is -0.124. The van der Waals surface area contributed by atoms with Crippen molar-refractivity contribution in [2.75, 3.05) is 6.54 Å². The first kappa shape index (κ1) is 16.2. The normalized spacial score (nSPS) is 21.2. The molecule has 1 fully saturated rings. The van der Waals surface area contributed by atoms with Crippen LogP contribution in [0.2, 0.25) is 0 Å². The maximum absolute atomic E-state index is 12.5. The number of hydrogen-bond donors (Lipinski definition) is 1. The number of rotatable bonds is 4. The first-order chi connectivity index (χ1) is 9.89. The van der Waals surface area contributed by atoms with Gasteiger partial charge in [0.25, 0.3) is 0 Å². The van der Waals surface area contributed by atoms with Gasteiger partial charge >= 0.3 is 0 Å². The number of benzene rings is 1. The van der Waals surface area contributed by atoms with Gasteiger partial charge in [0.2, 0.25) is 5.91 Å². The van der Waals surface area contributed by atoms with E-state index in [-0.39, 0.29) is 16.7 Å². The van der Waals surface area contributed by atoms with Gasteiger partial charge in [0.05, 0.1) is 4.75 Å². The molecule has 0 spiro atoms. The quantitative estimate of drug-likeness (QED) is 0.927. The average Bonchev–Trinajstić information content (AvgIpc) is 2.93. The Morgan fingerprint density at radius 3 is 2.62 bits per heavy atom. The maximum atomic E-state index is 12.5. The predicted molar refractivity (Wildman–Crippen MR) is 85.9 cm³/mol. The summed E-state index contributed by atoms with van der Waals surface area (Å²) in [6.45, 7) is 7.08. The molecule has 1 aromatic rings. The maximum Gasteiger partial charge on any atom is 0.238 e. The van der Waals surface area contributed by atoms with E-state index in [2.05, 4.69) is 5.32 Å². The zero-order chi connectivity index (χ0) is 15.5. The molecule has 0 bridgehead atoms. The lowest BCUT2D eigenvalue weighted by Gasteiger charge is -2.29. The fraction of sp³-hybridized carbons (Fsp3) is 0.562. The Hall–Kier alpha value is -1.20. The van der Waals surface area contributed by atoms with E-state index in [1.807, 2.05) is 55.4 Å². The fourth-order valence-electron chi connectivity index (χ4n) is 2.46. The van der Waals surface area contributed by atoms with Crippen molar-refractivity contribution < 1.29 is 9.00 Å². The Bertz CT molecular complexity index is 511. The molecule has 1 aromatic carbocycles. The minimum atomic E-state index is -1.14. The molecule has 1 heterocycles. The molecule has 0 aromatic heterocycles. The Labute approximate surface area is 129 Å². The topological polar surface area (TPSA) is 49.4 Å². The van der Waals surface area contributed by atoms with Crippen molar-refractivity contribution in [1.82, 2.24) is 9.62 Å². The van der Waals surface area contributed by atoms with Crippen LogP contribution in [0.4, 0.5) is 0 Å². The Morgan fingerprint density at radius 2 is 2.00 bits per heavy atom. The van der Waals surface area contributed by atoms with Crippen molar-refractivity contribution >= 4 is 16.9 Å². The summed E-state index contributed by atoms with van der Waals surface area (Å²) in [7, 11) is -1.14. The highest BCUT2D eigenvalue weighted by Gasteiger charge is 2.38. The summed E-state index contributed by atoms with van der Waals surface area (Å²) in [6, 6.07) is 9.57. The number of amides is 1. The third kappa shape index (κ3) is 4.14. The highest BCUT2D eigenvalue weighted by atomic mass is 32.2. The molecular formula is C16H24N2O2S. The van der Waals surface area contributed by atoms with Crippen molar-refractivity contribution in [3.05, 3.63) is 35.9 Å². The van der Waals surface area contributed by atoms with Crippen LogP contribution in [0.15, 0.2) is 30.3 Å². The van der Waals surface area contributed by atoms with Gasteiger partial charge in [-0.25, -0.2) is 8.51 Å². The van der Waals surface area contributed by atoms with E-state index >= 15 is 0 Å². The molecular weight excluding hydrogens is 284 g/mol. The molecule has 0 radical (unpaired) electrons. The van der Waals surface area contributed by atoms with Crippen LogP contribution in [0, 0.1) is 0 Å². The van der Waals surface area contributed by atoms with Crippen LogP contribution < -0.4 is 5.32 Å². The standard InChI is InChI=1S/C16H24N2O2S/c1-16(2,3)21(20)18-11-7-10-14(18)15(19)17-12-13-8-5-4-6-9-13/h4-6,8-9,14H,7,10-12H2,1-3H3,(H,17,19)/t14-,21?/m0/s1. The molecule has 2 atom stereocenters. The second-order valence-electron chi connectivity index (χ2n) is 6.36. The molecule has 1 amide bonds. The summed E-state index contributed by atoms with van der Waals surface area (Å²) in [4.78, 5) is 12.4.